The lowest BCUT2D eigenvalue weighted by molar-refractivity contribution is 0.0697. The SMILES string of the molecule is Cc1nc2cc(C(=O)O)ccc2n1-c1nc2c(s1)C(C)(C)CCC2(C)C. The molecule has 1 aliphatic carbocycles. The third-order valence-electron chi connectivity index (χ3n) is 5.51. The molecule has 5 nitrogen and oxygen atoms in total. The van der Waals surface area contributed by atoms with Gasteiger partial charge < -0.3 is 5.11 Å². The van der Waals surface area contributed by atoms with Crippen molar-refractivity contribution in [1.82, 2.24) is 14.5 Å². The fourth-order valence-electron chi connectivity index (χ4n) is 3.75. The summed E-state index contributed by atoms with van der Waals surface area (Å²) in [5, 5.41) is 10.1. The summed E-state index contributed by atoms with van der Waals surface area (Å²) in [6, 6.07) is 5.09. The quantitative estimate of drug-likeness (QED) is 0.702. The van der Waals surface area contributed by atoms with E-state index in [1.54, 1.807) is 23.5 Å². The van der Waals surface area contributed by atoms with Crippen LogP contribution in [-0.4, -0.2) is 25.6 Å². The Morgan fingerprint density at radius 1 is 1.15 bits per heavy atom. The Hall–Kier alpha value is -2.21. The van der Waals surface area contributed by atoms with Gasteiger partial charge >= 0.3 is 5.97 Å². The molecule has 0 amide bonds. The molecule has 1 N–H and O–H groups in total. The van der Waals surface area contributed by atoms with Crippen LogP contribution in [0.3, 0.4) is 0 Å². The predicted octanol–water partition coefficient (Wildman–Crippen LogP) is 4.84. The Morgan fingerprint density at radius 3 is 2.50 bits per heavy atom. The number of carboxylic acid groups (broad SMARTS) is 1. The number of nitrogens with zero attached hydrogens (tertiary/aromatic N) is 3. The van der Waals surface area contributed by atoms with Crippen molar-refractivity contribution in [2.45, 2.75) is 58.3 Å². The molecule has 1 aliphatic rings. The largest absolute Gasteiger partial charge is 0.478 e. The second kappa shape index (κ2) is 5.39. The average Bonchev–Trinajstić information content (AvgIpc) is 3.12. The van der Waals surface area contributed by atoms with Crippen molar-refractivity contribution < 1.29 is 9.90 Å². The molecule has 2 heterocycles. The lowest BCUT2D eigenvalue weighted by atomic mass is 9.69. The fourth-order valence-corrected chi connectivity index (χ4v) is 5.19. The maximum absolute atomic E-state index is 11.2. The lowest BCUT2D eigenvalue weighted by Gasteiger charge is -2.37. The molecule has 0 saturated heterocycles. The minimum Gasteiger partial charge on any atom is -0.478 e. The van der Waals surface area contributed by atoms with E-state index in [1.807, 2.05) is 13.0 Å². The van der Waals surface area contributed by atoms with Gasteiger partial charge in [-0.2, -0.15) is 0 Å². The minimum atomic E-state index is -0.938. The number of aromatic carboxylic acids is 1. The van der Waals surface area contributed by atoms with Crippen LogP contribution >= 0.6 is 11.3 Å². The van der Waals surface area contributed by atoms with Crippen molar-refractivity contribution in [1.29, 1.82) is 0 Å². The van der Waals surface area contributed by atoms with Crippen molar-refractivity contribution in [3.8, 4) is 5.13 Å². The van der Waals surface area contributed by atoms with Crippen molar-refractivity contribution >= 4 is 28.3 Å². The monoisotopic (exact) mass is 369 g/mol. The number of thiazole rings is 1. The average molecular weight is 369 g/mol. The van der Waals surface area contributed by atoms with Crippen LogP contribution in [-0.2, 0) is 10.8 Å². The number of hydrogen-bond acceptors (Lipinski definition) is 4. The van der Waals surface area contributed by atoms with Crippen LogP contribution in [0.1, 0.15) is 67.3 Å². The number of imidazole rings is 1. The Bertz CT molecular complexity index is 1010. The van der Waals surface area contributed by atoms with Gasteiger partial charge in [0, 0.05) is 15.7 Å². The molecule has 0 radical (unpaired) electrons. The van der Waals surface area contributed by atoms with E-state index in [-0.39, 0.29) is 16.4 Å². The van der Waals surface area contributed by atoms with E-state index >= 15 is 0 Å². The van der Waals surface area contributed by atoms with Crippen LogP contribution in [0, 0.1) is 6.92 Å². The highest BCUT2D eigenvalue weighted by Gasteiger charge is 2.40. The second-order valence-electron chi connectivity index (χ2n) is 8.45. The van der Waals surface area contributed by atoms with E-state index < -0.39 is 5.97 Å². The molecule has 0 bridgehead atoms. The van der Waals surface area contributed by atoms with Crippen molar-refractivity contribution in [2.75, 3.05) is 0 Å². The highest BCUT2D eigenvalue weighted by atomic mass is 32.1. The van der Waals surface area contributed by atoms with Gasteiger partial charge in [0.25, 0.3) is 0 Å². The van der Waals surface area contributed by atoms with Crippen LogP contribution in [0.2, 0.25) is 0 Å². The number of carboxylic acids is 1. The van der Waals surface area contributed by atoms with Gasteiger partial charge in [-0.3, -0.25) is 4.57 Å². The zero-order valence-electron chi connectivity index (χ0n) is 15.8. The summed E-state index contributed by atoms with van der Waals surface area (Å²) in [6.45, 7) is 11.1. The lowest BCUT2D eigenvalue weighted by Crippen LogP contribution is -2.32. The molecule has 2 aromatic heterocycles. The maximum atomic E-state index is 11.2. The number of hydrogen-bond donors (Lipinski definition) is 1. The number of benzene rings is 1. The van der Waals surface area contributed by atoms with Gasteiger partial charge in [-0.1, -0.05) is 27.7 Å². The van der Waals surface area contributed by atoms with E-state index in [4.69, 9.17) is 4.98 Å². The topological polar surface area (TPSA) is 68.0 Å². The molecule has 0 saturated carbocycles. The number of aromatic nitrogens is 3. The second-order valence-corrected chi connectivity index (χ2v) is 9.42. The summed E-state index contributed by atoms with van der Waals surface area (Å²) in [5.74, 6) is -0.114. The van der Waals surface area contributed by atoms with Crippen molar-refractivity contribution in [2.24, 2.45) is 0 Å². The first-order valence-electron chi connectivity index (χ1n) is 8.85. The minimum absolute atomic E-state index is 0.0698. The molecular formula is C20H23N3O2S. The molecule has 136 valence electrons. The molecule has 0 unspecified atom stereocenters. The van der Waals surface area contributed by atoms with Gasteiger partial charge in [-0.25, -0.2) is 14.8 Å². The first-order valence-corrected chi connectivity index (χ1v) is 9.66. The molecule has 3 aromatic rings. The summed E-state index contributed by atoms with van der Waals surface area (Å²) in [5.41, 5.74) is 3.23. The third-order valence-corrected chi connectivity index (χ3v) is 6.91. The standard InChI is InChI=1S/C20H23N3O2S/c1-11-21-13-10-12(17(24)25)6-7-14(13)23(11)18-22-15-16(26-18)20(4,5)9-8-19(15,2)3/h6-7,10H,8-9H2,1-5H3,(H,24,25). The smallest absolute Gasteiger partial charge is 0.335 e. The first kappa shape index (κ1) is 17.2. The van der Waals surface area contributed by atoms with Gasteiger partial charge in [0.05, 0.1) is 22.3 Å². The number of carbonyl (C=O) groups is 1. The molecular weight excluding hydrogens is 346 g/mol. The van der Waals surface area contributed by atoms with E-state index in [9.17, 15) is 9.90 Å². The Balaban J connectivity index is 1.93. The van der Waals surface area contributed by atoms with Gasteiger partial charge in [0.2, 0.25) is 0 Å². The maximum Gasteiger partial charge on any atom is 0.335 e. The van der Waals surface area contributed by atoms with Crippen LogP contribution in [0.25, 0.3) is 16.2 Å². The zero-order chi connectivity index (χ0) is 18.9. The Labute approximate surface area is 156 Å². The first-order chi connectivity index (χ1) is 12.1. The number of fused-ring (bicyclic) bond motifs is 2. The summed E-state index contributed by atoms with van der Waals surface area (Å²) >= 11 is 1.74. The fraction of sp³-hybridized carbons (Fsp3) is 0.450. The molecule has 26 heavy (non-hydrogen) atoms. The van der Waals surface area contributed by atoms with E-state index in [2.05, 4.69) is 37.2 Å². The van der Waals surface area contributed by atoms with Gasteiger partial charge in [0.1, 0.15) is 5.82 Å². The Kier molecular flexibility index (Phi) is 3.57. The predicted molar refractivity (Wildman–Crippen MR) is 104 cm³/mol. The van der Waals surface area contributed by atoms with Gasteiger partial charge in [-0.05, 0) is 38.0 Å². The summed E-state index contributed by atoms with van der Waals surface area (Å²) in [6.07, 6.45) is 2.28. The van der Waals surface area contributed by atoms with E-state index in [0.717, 1.165) is 29.3 Å². The summed E-state index contributed by atoms with van der Waals surface area (Å²) < 4.78 is 2.05. The van der Waals surface area contributed by atoms with Crippen LogP contribution < -0.4 is 0 Å². The third kappa shape index (κ3) is 2.47. The highest BCUT2D eigenvalue weighted by Crippen LogP contribution is 2.48. The van der Waals surface area contributed by atoms with E-state index in [0.29, 0.717) is 5.52 Å². The van der Waals surface area contributed by atoms with Crippen molar-refractivity contribution in [3.63, 3.8) is 0 Å². The van der Waals surface area contributed by atoms with Gasteiger partial charge in [-0.15, -0.1) is 11.3 Å². The molecule has 6 heteroatoms. The zero-order valence-corrected chi connectivity index (χ0v) is 16.6. The molecule has 1 aromatic carbocycles. The van der Waals surface area contributed by atoms with Crippen LogP contribution in [0.4, 0.5) is 0 Å². The summed E-state index contributed by atoms with van der Waals surface area (Å²) in [7, 11) is 0. The molecule has 4 rings (SSSR count). The number of aryl methyl sites for hydroxylation is 1. The normalized spacial score (nSPS) is 18.0. The molecule has 0 atom stereocenters. The van der Waals surface area contributed by atoms with E-state index in [1.165, 1.54) is 10.6 Å². The van der Waals surface area contributed by atoms with Crippen LogP contribution in [0.5, 0.6) is 0 Å². The van der Waals surface area contributed by atoms with Gasteiger partial charge in [0.15, 0.2) is 5.13 Å². The Morgan fingerprint density at radius 2 is 1.85 bits per heavy atom. The molecule has 0 aliphatic heterocycles. The number of rotatable bonds is 2. The van der Waals surface area contributed by atoms with Crippen LogP contribution in [0.15, 0.2) is 18.2 Å². The molecule has 0 spiro atoms. The molecule has 0 fully saturated rings. The van der Waals surface area contributed by atoms with Crippen molar-refractivity contribution in [3.05, 3.63) is 40.2 Å². The highest BCUT2D eigenvalue weighted by molar-refractivity contribution is 7.14. The summed E-state index contributed by atoms with van der Waals surface area (Å²) in [4.78, 5) is 22.2.